The molecule has 0 saturated carbocycles. The Hall–Kier alpha value is -1.44. The Morgan fingerprint density at radius 1 is 1.38 bits per heavy atom. The minimum atomic E-state index is -3.55. The third-order valence-corrected chi connectivity index (χ3v) is 5.94. The second-order valence-corrected chi connectivity index (χ2v) is 8.10. The van der Waals surface area contributed by atoms with E-state index >= 15 is 0 Å². The van der Waals surface area contributed by atoms with Crippen LogP contribution in [0.1, 0.15) is 24.3 Å². The number of aromatic nitrogens is 1. The lowest BCUT2D eigenvalue weighted by molar-refractivity contribution is 0.592. The van der Waals surface area contributed by atoms with E-state index in [2.05, 4.69) is 28.9 Å². The maximum Gasteiger partial charge on any atom is 0.271 e. The quantitative estimate of drug-likeness (QED) is 0.857. The summed E-state index contributed by atoms with van der Waals surface area (Å²) in [4.78, 5) is 4.94. The zero-order chi connectivity index (χ0) is 15.5. The molecule has 0 saturated heterocycles. The molecule has 5 nitrogen and oxygen atoms in total. The number of anilines is 1. The maximum absolute atomic E-state index is 12.4. The molecule has 0 aliphatic carbocycles. The molecule has 0 unspecified atom stereocenters. The highest BCUT2D eigenvalue weighted by atomic mass is 32.2. The molecule has 0 aliphatic rings. The van der Waals surface area contributed by atoms with Gasteiger partial charge in [0.25, 0.3) is 10.0 Å². The lowest BCUT2D eigenvalue weighted by Crippen LogP contribution is -2.21. The van der Waals surface area contributed by atoms with Gasteiger partial charge in [-0.1, -0.05) is 13.8 Å². The SMILES string of the molecule is Cc1cc(S(=O)(=O)Nc2cccnc2)sc1CNC(C)C. The Morgan fingerprint density at radius 2 is 2.14 bits per heavy atom. The number of nitrogens with one attached hydrogen (secondary N) is 2. The van der Waals surface area contributed by atoms with E-state index in [9.17, 15) is 8.42 Å². The van der Waals surface area contributed by atoms with Gasteiger partial charge in [0.1, 0.15) is 4.21 Å². The Morgan fingerprint density at radius 3 is 2.76 bits per heavy atom. The van der Waals surface area contributed by atoms with Crippen molar-refractivity contribution in [3.63, 3.8) is 0 Å². The van der Waals surface area contributed by atoms with Crippen LogP contribution in [0.2, 0.25) is 0 Å². The zero-order valence-electron chi connectivity index (χ0n) is 12.3. The largest absolute Gasteiger partial charge is 0.310 e. The monoisotopic (exact) mass is 325 g/mol. The van der Waals surface area contributed by atoms with Crippen molar-refractivity contribution in [1.82, 2.24) is 10.3 Å². The van der Waals surface area contributed by atoms with Crippen LogP contribution < -0.4 is 10.0 Å². The van der Waals surface area contributed by atoms with Crippen LogP contribution in [-0.2, 0) is 16.6 Å². The summed E-state index contributed by atoms with van der Waals surface area (Å²) in [5, 5.41) is 3.30. The number of aryl methyl sites for hydroxylation is 1. The number of pyridine rings is 1. The fourth-order valence-electron chi connectivity index (χ4n) is 1.72. The van der Waals surface area contributed by atoms with E-state index in [1.807, 2.05) is 6.92 Å². The smallest absolute Gasteiger partial charge is 0.271 e. The molecular weight excluding hydrogens is 306 g/mol. The van der Waals surface area contributed by atoms with Gasteiger partial charge in [0.15, 0.2) is 0 Å². The van der Waals surface area contributed by atoms with Gasteiger partial charge in [-0.3, -0.25) is 9.71 Å². The van der Waals surface area contributed by atoms with Crippen LogP contribution in [0.5, 0.6) is 0 Å². The second kappa shape index (κ2) is 6.55. The van der Waals surface area contributed by atoms with E-state index in [1.165, 1.54) is 17.5 Å². The summed E-state index contributed by atoms with van der Waals surface area (Å²) in [6.45, 7) is 6.72. The number of hydrogen-bond acceptors (Lipinski definition) is 5. The average Bonchev–Trinajstić information content (AvgIpc) is 2.79. The van der Waals surface area contributed by atoms with Gasteiger partial charge >= 0.3 is 0 Å². The molecule has 2 heterocycles. The topological polar surface area (TPSA) is 71.1 Å². The molecule has 21 heavy (non-hydrogen) atoms. The van der Waals surface area contributed by atoms with Gasteiger partial charge < -0.3 is 5.32 Å². The summed E-state index contributed by atoms with van der Waals surface area (Å²) >= 11 is 1.29. The van der Waals surface area contributed by atoms with E-state index in [4.69, 9.17) is 0 Å². The Balaban J connectivity index is 2.19. The molecular formula is C14H19N3O2S2. The average molecular weight is 325 g/mol. The zero-order valence-corrected chi connectivity index (χ0v) is 13.9. The summed E-state index contributed by atoms with van der Waals surface area (Å²) in [6, 6.07) is 5.43. The van der Waals surface area contributed by atoms with Crippen molar-refractivity contribution in [2.24, 2.45) is 0 Å². The van der Waals surface area contributed by atoms with Crippen molar-refractivity contribution in [1.29, 1.82) is 0 Å². The van der Waals surface area contributed by atoms with Gasteiger partial charge in [0.2, 0.25) is 0 Å². The van der Waals surface area contributed by atoms with Gasteiger partial charge in [-0.25, -0.2) is 8.42 Å². The van der Waals surface area contributed by atoms with Crippen molar-refractivity contribution in [2.45, 2.75) is 37.6 Å². The first kappa shape index (κ1) is 15.9. The summed E-state index contributed by atoms with van der Waals surface area (Å²) in [6.07, 6.45) is 3.09. The minimum absolute atomic E-state index is 0.324. The van der Waals surface area contributed by atoms with Gasteiger partial charge in [0.05, 0.1) is 11.9 Å². The highest BCUT2D eigenvalue weighted by Gasteiger charge is 2.19. The third-order valence-electron chi connectivity index (χ3n) is 2.85. The van der Waals surface area contributed by atoms with Crippen LogP contribution >= 0.6 is 11.3 Å². The van der Waals surface area contributed by atoms with E-state index in [-0.39, 0.29) is 0 Å². The second-order valence-electron chi connectivity index (χ2n) is 5.05. The molecule has 2 N–H and O–H groups in total. The first-order valence-electron chi connectivity index (χ1n) is 6.64. The molecule has 0 radical (unpaired) electrons. The summed E-state index contributed by atoms with van der Waals surface area (Å²) in [7, 11) is -3.55. The third kappa shape index (κ3) is 4.26. The lowest BCUT2D eigenvalue weighted by atomic mass is 10.3. The van der Waals surface area contributed by atoms with Gasteiger partial charge in [0, 0.05) is 23.7 Å². The fraction of sp³-hybridized carbons (Fsp3) is 0.357. The molecule has 2 rings (SSSR count). The summed E-state index contributed by atoms with van der Waals surface area (Å²) in [5.74, 6) is 0. The molecule has 0 aliphatic heterocycles. The summed E-state index contributed by atoms with van der Waals surface area (Å²) < 4.78 is 27.6. The Labute approximate surface area is 129 Å². The van der Waals surface area contributed by atoms with E-state index in [0.717, 1.165) is 10.4 Å². The highest BCUT2D eigenvalue weighted by Crippen LogP contribution is 2.27. The van der Waals surface area contributed by atoms with E-state index in [1.54, 1.807) is 24.4 Å². The molecule has 0 bridgehead atoms. The van der Waals surface area contributed by atoms with Crippen LogP contribution in [0.4, 0.5) is 5.69 Å². The standard InChI is InChI=1S/C14H19N3O2S2/c1-10(2)16-9-13-11(3)7-14(20-13)21(18,19)17-12-5-4-6-15-8-12/h4-8,10,16-17H,9H2,1-3H3. The molecule has 114 valence electrons. The van der Waals surface area contributed by atoms with Crippen LogP contribution in [0, 0.1) is 6.92 Å². The van der Waals surface area contributed by atoms with Crippen molar-refractivity contribution in [2.75, 3.05) is 4.72 Å². The van der Waals surface area contributed by atoms with Crippen molar-refractivity contribution in [3.05, 3.63) is 41.0 Å². The predicted molar refractivity (Wildman–Crippen MR) is 86.1 cm³/mol. The number of sulfonamides is 1. The normalized spacial score (nSPS) is 11.8. The number of hydrogen-bond donors (Lipinski definition) is 2. The van der Waals surface area contributed by atoms with Crippen molar-refractivity contribution in [3.8, 4) is 0 Å². The molecule has 0 amide bonds. The van der Waals surface area contributed by atoms with Crippen LogP contribution in [0.15, 0.2) is 34.8 Å². The van der Waals surface area contributed by atoms with Crippen LogP contribution in [0.3, 0.4) is 0 Å². The first-order valence-corrected chi connectivity index (χ1v) is 8.94. The molecule has 0 atom stereocenters. The van der Waals surface area contributed by atoms with Gasteiger partial charge in [-0.2, -0.15) is 0 Å². The van der Waals surface area contributed by atoms with Crippen molar-refractivity contribution >= 4 is 27.0 Å². The molecule has 0 spiro atoms. The van der Waals surface area contributed by atoms with E-state index < -0.39 is 10.0 Å². The maximum atomic E-state index is 12.4. The fourth-order valence-corrected chi connectivity index (χ4v) is 4.31. The Kier molecular flexibility index (Phi) is 4.97. The van der Waals surface area contributed by atoms with Crippen LogP contribution in [0.25, 0.3) is 0 Å². The highest BCUT2D eigenvalue weighted by molar-refractivity contribution is 7.94. The molecule has 0 fully saturated rings. The summed E-state index contributed by atoms with van der Waals surface area (Å²) in [5.41, 5.74) is 1.45. The minimum Gasteiger partial charge on any atom is -0.310 e. The first-order chi connectivity index (χ1) is 9.88. The predicted octanol–water partition coefficient (Wildman–Crippen LogP) is 2.75. The molecule has 2 aromatic rings. The number of rotatable bonds is 6. The van der Waals surface area contributed by atoms with Gasteiger partial charge in [-0.05, 0) is 30.7 Å². The van der Waals surface area contributed by atoms with Crippen molar-refractivity contribution < 1.29 is 8.42 Å². The Bertz CT molecular complexity index is 694. The number of thiophene rings is 1. The molecule has 0 aromatic carbocycles. The van der Waals surface area contributed by atoms with E-state index in [0.29, 0.717) is 22.5 Å². The lowest BCUT2D eigenvalue weighted by Gasteiger charge is -2.07. The van der Waals surface area contributed by atoms with Gasteiger partial charge in [-0.15, -0.1) is 11.3 Å². The molecule has 2 aromatic heterocycles. The molecule has 7 heteroatoms. The number of nitrogens with zero attached hydrogens (tertiary/aromatic N) is 1. The van der Waals surface area contributed by atoms with Crippen LogP contribution in [-0.4, -0.2) is 19.4 Å².